The van der Waals surface area contributed by atoms with Gasteiger partial charge in [-0.1, -0.05) is 6.07 Å². The highest BCUT2D eigenvalue weighted by molar-refractivity contribution is 5.52. The van der Waals surface area contributed by atoms with Crippen LogP contribution in [0.15, 0.2) is 36.7 Å². The zero-order valence-electron chi connectivity index (χ0n) is 15.1. The van der Waals surface area contributed by atoms with Crippen LogP contribution in [-0.4, -0.2) is 48.4 Å². The Labute approximate surface area is 154 Å². The molecule has 2 aromatic rings. The van der Waals surface area contributed by atoms with Crippen LogP contribution < -0.4 is 9.80 Å². The molecule has 2 fully saturated rings. The second-order valence-electron chi connectivity index (χ2n) is 7.20. The Morgan fingerprint density at radius 2 is 1.96 bits per heavy atom. The average Bonchev–Trinajstić information content (AvgIpc) is 2.69. The van der Waals surface area contributed by atoms with E-state index in [1.165, 1.54) is 0 Å². The van der Waals surface area contributed by atoms with Crippen molar-refractivity contribution in [1.29, 1.82) is 5.26 Å². The molecule has 0 N–H and O–H groups in total. The number of aryl methyl sites for hydroxylation is 1. The van der Waals surface area contributed by atoms with Crippen molar-refractivity contribution in [2.75, 3.05) is 42.6 Å². The number of rotatable bonds is 2. The Hall–Kier alpha value is -2.65. The Kier molecular flexibility index (Phi) is 4.48. The van der Waals surface area contributed by atoms with Crippen LogP contribution in [0.3, 0.4) is 0 Å². The largest absolute Gasteiger partial charge is 0.369 e. The molecule has 1 unspecified atom stereocenters. The van der Waals surface area contributed by atoms with Gasteiger partial charge in [-0.25, -0.2) is 9.97 Å². The molecule has 0 saturated carbocycles. The lowest BCUT2D eigenvalue weighted by molar-refractivity contribution is -0.0632. The van der Waals surface area contributed by atoms with Crippen molar-refractivity contribution in [3.8, 4) is 6.07 Å². The summed E-state index contributed by atoms with van der Waals surface area (Å²) in [5.41, 5.74) is 2.64. The first kappa shape index (κ1) is 16.8. The van der Waals surface area contributed by atoms with Gasteiger partial charge in [-0.05, 0) is 43.5 Å². The SMILES string of the molecule is Cc1cnc(N2CCOC3(CCCN(c4cccc(C#N)c4)C3)C2)nc1. The van der Waals surface area contributed by atoms with Gasteiger partial charge in [0.05, 0.1) is 24.8 Å². The van der Waals surface area contributed by atoms with E-state index in [1.807, 2.05) is 37.5 Å². The highest BCUT2D eigenvalue weighted by Gasteiger charge is 2.41. The van der Waals surface area contributed by atoms with E-state index < -0.39 is 0 Å². The first-order valence-corrected chi connectivity index (χ1v) is 9.10. The third kappa shape index (κ3) is 3.35. The van der Waals surface area contributed by atoms with Gasteiger partial charge in [-0.2, -0.15) is 5.26 Å². The van der Waals surface area contributed by atoms with Crippen molar-refractivity contribution in [3.63, 3.8) is 0 Å². The minimum Gasteiger partial charge on any atom is -0.369 e. The molecule has 1 atom stereocenters. The molecule has 1 spiro atoms. The Morgan fingerprint density at radius 1 is 1.15 bits per heavy atom. The summed E-state index contributed by atoms with van der Waals surface area (Å²) in [4.78, 5) is 13.6. The van der Waals surface area contributed by atoms with Crippen molar-refractivity contribution in [3.05, 3.63) is 47.8 Å². The number of hydrogen-bond donors (Lipinski definition) is 0. The van der Waals surface area contributed by atoms with Gasteiger partial charge in [0.25, 0.3) is 0 Å². The second-order valence-corrected chi connectivity index (χ2v) is 7.20. The van der Waals surface area contributed by atoms with Crippen LogP contribution in [0.25, 0.3) is 0 Å². The van der Waals surface area contributed by atoms with Crippen LogP contribution in [0.1, 0.15) is 24.0 Å². The normalized spacial score (nSPS) is 23.1. The molecule has 0 aliphatic carbocycles. The van der Waals surface area contributed by atoms with E-state index >= 15 is 0 Å². The summed E-state index contributed by atoms with van der Waals surface area (Å²) in [6, 6.07) is 10.1. The first-order valence-electron chi connectivity index (χ1n) is 9.10. The number of aromatic nitrogens is 2. The lowest BCUT2D eigenvalue weighted by Crippen LogP contribution is -2.60. The predicted molar refractivity (Wildman–Crippen MR) is 100 cm³/mol. The Bertz CT molecular complexity index is 812. The molecule has 2 saturated heterocycles. The average molecular weight is 349 g/mol. The van der Waals surface area contributed by atoms with E-state index in [1.54, 1.807) is 0 Å². The summed E-state index contributed by atoms with van der Waals surface area (Å²) in [7, 11) is 0. The maximum absolute atomic E-state index is 9.17. The third-order valence-corrected chi connectivity index (χ3v) is 5.18. The number of piperidine rings is 1. The zero-order chi connectivity index (χ0) is 18.0. The van der Waals surface area contributed by atoms with Crippen LogP contribution in [0, 0.1) is 18.3 Å². The fraction of sp³-hybridized carbons (Fsp3) is 0.450. The number of morpholine rings is 1. The maximum Gasteiger partial charge on any atom is 0.225 e. The number of hydrogen-bond acceptors (Lipinski definition) is 6. The van der Waals surface area contributed by atoms with Gasteiger partial charge in [0.1, 0.15) is 5.60 Å². The van der Waals surface area contributed by atoms with Crippen LogP contribution in [-0.2, 0) is 4.74 Å². The summed E-state index contributed by atoms with van der Waals surface area (Å²) in [5, 5.41) is 9.17. The highest BCUT2D eigenvalue weighted by Crippen LogP contribution is 2.32. The number of nitrogens with zero attached hydrogens (tertiary/aromatic N) is 5. The summed E-state index contributed by atoms with van der Waals surface area (Å²) in [6.07, 6.45) is 5.83. The van der Waals surface area contributed by atoms with Gasteiger partial charge in [-0.3, -0.25) is 0 Å². The molecule has 6 nitrogen and oxygen atoms in total. The fourth-order valence-electron chi connectivity index (χ4n) is 3.90. The molecule has 6 heteroatoms. The number of anilines is 2. The van der Waals surface area contributed by atoms with Crippen LogP contribution >= 0.6 is 0 Å². The van der Waals surface area contributed by atoms with Gasteiger partial charge in [0, 0.05) is 37.7 Å². The van der Waals surface area contributed by atoms with Gasteiger partial charge < -0.3 is 14.5 Å². The molecule has 26 heavy (non-hydrogen) atoms. The van der Waals surface area contributed by atoms with Crippen molar-refractivity contribution in [2.24, 2.45) is 0 Å². The lowest BCUT2D eigenvalue weighted by Gasteiger charge is -2.48. The predicted octanol–water partition coefficient (Wildman–Crippen LogP) is 2.53. The standard InChI is InChI=1S/C20H23N5O/c1-16-12-22-19(23-13-16)25-8-9-26-20(15-25)6-3-7-24(14-20)18-5-2-4-17(10-18)11-21/h2,4-5,10,12-13H,3,6-9,14-15H2,1H3. The molecule has 0 radical (unpaired) electrons. The number of ether oxygens (including phenoxy) is 1. The van der Waals surface area contributed by atoms with E-state index in [2.05, 4.69) is 31.9 Å². The summed E-state index contributed by atoms with van der Waals surface area (Å²) < 4.78 is 6.29. The van der Waals surface area contributed by atoms with E-state index in [9.17, 15) is 0 Å². The molecular formula is C20H23N5O. The van der Waals surface area contributed by atoms with Crippen molar-refractivity contribution in [2.45, 2.75) is 25.4 Å². The van der Waals surface area contributed by atoms with Gasteiger partial charge in [0.2, 0.25) is 5.95 Å². The first-order chi connectivity index (χ1) is 12.7. The maximum atomic E-state index is 9.17. The summed E-state index contributed by atoms with van der Waals surface area (Å²) in [6.45, 7) is 6.10. The van der Waals surface area contributed by atoms with Gasteiger partial charge >= 0.3 is 0 Å². The molecule has 1 aromatic heterocycles. The van der Waals surface area contributed by atoms with E-state index in [0.29, 0.717) is 12.2 Å². The molecule has 3 heterocycles. The van der Waals surface area contributed by atoms with E-state index in [4.69, 9.17) is 10.00 Å². The van der Waals surface area contributed by atoms with Crippen molar-refractivity contribution >= 4 is 11.6 Å². The number of benzene rings is 1. The lowest BCUT2D eigenvalue weighted by atomic mass is 9.90. The Morgan fingerprint density at radius 3 is 2.77 bits per heavy atom. The second kappa shape index (κ2) is 6.93. The van der Waals surface area contributed by atoms with Gasteiger partial charge in [-0.15, -0.1) is 0 Å². The fourth-order valence-corrected chi connectivity index (χ4v) is 3.90. The molecule has 0 bridgehead atoms. The molecule has 0 amide bonds. The minimum absolute atomic E-state index is 0.215. The summed E-state index contributed by atoms with van der Waals surface area (Å²) >= 11 is 0. The van der Waals surface area contributed by atoms with Crippen LogP contribution in [0.4, 0.5) is 11.6 Å². The zero-order valence-corrected chi connectivity index (χ0v) is 15.1. The highest BCUT2D eigenvalue weighted by atomic mass is 16.5. The van der Waals surface area contributed by atoms with E-state index in [-0.39, 0.29) is 5.60 Å². The van der Waals surface area contributed by atoms with Gasteiger partial charge in [0.15, 0.2) is 0 Å². The van der Waals surface area contributed by atoms with E-state index in [0.717, 1.165) is 56.2 Å². The number of nitriles is 1. The topological polar surface area (TPSA) is 65.3 Å². The summed E-state index contributed by atoms with van der Waals surface area (Å²) in [5.74, 6) is 0.780. The minimum atomic E-state index is -0.215. The quantitative estimate of drug-likeness (QED) is 0.830. The van der Waals surface area contributed by atoms with Crippen LogP contribution in [0.2, 0.25) is 0 Å². The molecule has 1 aromatic carbocycles. The van der Waals surface area contributed by atoms with Crippen LogP contribution in [0.5, 0.6) is 0 Å². The van der Waals surface area contributed by atoms with Crippen molar-refractivity contribution in [1.82, 2.24) is 9.97 Å². The monoisotopic (exact) mass is 349 g/mol. The third-order valence-electron chi connectivity index (χ3n) is 5.18. The molecule has 2 aliphatic heterocycles. The van der Waals surface area contributed by atoms with Crippen molar-refractivity contribution < 1.29 is 4.74 Å². The molecule has 134 valence electrons. The molecule has 4 rings (SSSR count). The smallest absolute Gasteiger partial charge is 0.225 e. The molecule has 2 aliphatic rings. The molecular weight excluding hydrogens is 326 g/mol. The Balaban J connectivity index is 1.53.